The summed E-state index contributed by atoms with van der Waals surface area (Å²) in [5, 5.41) is 10.2. The molecule has 18 heavy (non-hydrogen) atoms. The topological polar surface area (TPSA) is 66.6 Å². The van der Waals surface area contributed by atoms with E-state index in [1.54, 1.807) is 0 Å². The number of nitrogens with two attached hydrogens (primary N) is 1. The summed E-state index contributed by atoms with van der Waals surface area (Å²) in [6.07, 6.45) is 3.47. The molecule has 6 atom stereocenters. The molecule has 3 aliphatic rings. The highest BCUT2D eigenvalue weighted by Crippen LogP contribution is 2.54. The number of rotatable bonds is 4. The quantitative estimate of drug-likeness (QED) is 0.769. The highest BCUT2D eigenvalue weighted by atomic mass is 16.3. The molecule has 1 amide bonds. The first-order valence-corrected chi connectivity index (χ1v) is 7.29. The Morgan fingerprint density at radius 3 is 2.89 bits per heavy atom. The van der Waals surface area contributed by atoms with Gasteiger partial charge in [0, 0.05) is 13.0 Å². The second kappa shape index (κ2) is 4.49. The van der Waals surface area contributed by atoms with Gasteiger partial charge in [-0.25, -0.2) is 0 Å². The number of carbonyl (C=O) groups excluding carboxylic acids is 1. The van der Waals surface area contributed by atoms with Crippen molar-refractivity contribution in [2.45, 2.75) is 44.8 Å². The Hall–Kier alpha value is -0.610. The highest BCUT2D eigenvalue weighted by molar-refractivity contribution is 5.77. The van der Waals surface area contributed by atoms with Crippen molar-refractivity contribution in [3.05, 3.63) is 0 Å². The largest absolute Gasteiger partial charge is 0.391 e. The Morgan fingerprint density at radius 2 is 2.22 bits per heavy atom. The average Bonchev–Trinajstić information content (AvgIpc) is 2.96. The summed E-state index contributed by atoms with van der Waals surface area (Å²) in [5.41, 5.74) is 5.58. The lowest BCUT2D eigenvalue weighted by molar-refractivity contribution is -0.134. The fourth-order valence-electron chi connectivity index (χ4n) is 4.33. The molecule has 3 N–H and O–H groups in total. The van der Waals surface area contributed by atoms with E-state index in [9.17, 15) is 9.90 Å². The van der Waals surface area contributed by atoms with Crippen LogP contribution in [0.4, 0.5) is 0 Å². The van der Waals surface area contributed by atoms with Crippen LogP contribution in [0.3, 0.4) is 0 Å². The smallest absolute Gasteiger partial charge is 0.222 e. The maximum absolute atomic E-state index is 12.3. The first-order chi connectivity index (χ1) is 8.61. The van der Waals surface area contributed by atoms with Crippen molar-refractivity contribution in [1.29, 1.82) is 0 Å². The third-order valence-electron chi connectivity index (χ3n) is 5.42. The number of carbonyl (C=O) groups is 1. The van der Waals surface area contributed by atoms with E-state index in [0.717, 1.165) is 25.8 Å². The van der Waals surface area contributed by atoms with Gasteiger partial charge in [0.05, 0.1) is 12.1 Å². The number of fused-ring (bicyclic) bond motifs is 1. The Balaban J connectivity index is 1.62. The van der Waals surface area contributed by atoms with Crippen molar-refractivity contribution in [2.24, 2.45) is 29.4 Å². The molecule has 0 radical (unpaired) electrons. The Labute approximate surface area is 109 Å². The van der Waals surface area contributed by atoms with Gasteiger partial charge in [-0.05, 0) is 49.5 Å². The van der Waals surface area contributed by atoms with Crippen LogP contribution in [0, 0.1) is 23.7 Å². The molecule has 0 aromatic carbocycles. The summed E-state index contributed by atoms with van der Waals surface area (Å²) < 4.78 is 0. The molecule has 2 aliphatic carbocycles. The van der Waals surface area contributed by atoms with Crippen LogP contribution in [-0.2, 0) is 4.79 Å². The Kier molecular flexibility index (Phi) is 3.10. The lowest BCUT2D eigenvalue weighted by atomic mass is 9.88. The third-order valence-corrected chi connectivity index (χ3v) is 5.42. The van der Waals surface area contributed by atoms with Crippen molar-refractivity contribution in [3.63, 3.8) is 0 Å². The molecule has 4 nitrogen and oxygen atoms in total. The maximum Gasteiger partial charge on any atom is 0.222 e. The normalized spacial score (nSPS) is 42.6. The summed E-state index contributed by atoms with van der Waals surface area (Å²) >= 11 is 0. The number of aliphatic hydroxyl groups excluding tert-OH is 1. The number of aliphatic hydroxyl groups is 1. The van der Waals surface area contributed by atoms with Gasteiger partial charge in [-0.15, -0.1) is 0 Å². The van der Waals surface area contributed by atoms with Crippen molar-refractivity contribution in [3.8, 4) is 0 Å². The number of hydrogen-bond acceptors (Lipinski definition) is 3. The molecule has 2 bridgehead atoms. The van der Waals surface area contributed by atoms with Crippen LogP contribution in [0.5, 0.6) is 0 Å². The van der Waals surface area contributed by atoms with Crippen LogP contribution < -0.4 is 5.73 Å². The lowest BCUT2D eigenvalue weighted by Gasteiger charge is -2.29. The van der Waals surface area contributed by atoms with Gasteiger partial charge in [-0.2, -0.15) is 0 Å². The van der Waals surface area contributed by atoms with Gasteiger partial charge in [0.2, 0.25) is 5.91 Å². The fourth-order valence-corrected chi connectivity index (χ4v) is 4.33. The van der Waals surface area contributed by atoms with Crippen molar-refractivity contribution in [2.75, 3.05) is 13.1 Å². The van der Waals surface area contributed by atoms with E-state index in [0.29, 0.717) is 36.6 Å². The van der Waals surface area contributed by atoms with Crippen LogP contribution in [-0.4, -0.2) is 41.1 Å². The summed E-state index contributed by atoms with van der Waals surface area (Å²) in [6.45, 7) is 3.62. The van der Waals surface area contributed by atoms with Crippen LogP contribution in [0.1, 0.15) is 32.6 Å². The second-order valence-corrected chi connectivity index (χ2v) is 6.56. The van der Waals surface area contributed by atoms with E-state index < -0.39 is 0 Å². The maximum atomic E-state index is 12.3. The zero-order chi connectivity index (χ0) is 12.9. The summed E-state index contributed by atoms with van der Waals surface area (Å²) in [6, 6.07) is 0.134. The molecule has 0 aromatic heterocycles. The van der Waals surface area contributed by atoms with E-state index in [1.807, 2.05) is 4.90 Å². The molecule has 0 spiro atoms. The zero-order valence-corrected chi connectivity index (χ0v) is 11.1. The summed E-state index contributed by atoms with van der Waals surface area (Å²) in [5.74, 6) is 2.36. The first kappa shape index (κ1) is 12.4. The summed E-state index contributed by atoms with van der Waals surface area (Å²) in [4.78, 5) is 14.3. The van der Waals surface area contributed by atoms with E-state index in [1.165, 1.54) is 0 Å². The predicted octanol–water partition coefficient (Wildman–Crippen LogP) is 0.589. The Bertz CT molecular complexity index is 345. The molecular weight excluding hydrogens is 228 g/mol. The van der Waals surface area contributed by atoms with Gasteiger partial charge in [0.1, 0.15) is 0 Å². The highest BCUT2D eigenvalue weighted by Gasteiger charge is 2.59. The molecule has 1 saturated heterocycles. The van der Waals surface area contributed by atoms with Crippen molar-refractivity contribution in [1.82, 2.24) is 4.90 Å². The van der Waals surface area contributed by atoms with Crippen molar-refractivity contribution >= 4 is 5.91 Å². The van der Waals surface area contributed by atoms with Crippen LogP contribution in [0.25, 0.3) is 0 Å². The molecule has 0 aromatic rings. The van der Waals surface area contributed by atoms with E-state index in [4.69, 9.17) is 5.73 Å². The standard InChI is InChI=1S/C14H24N2O2/c1-8(6-15)2-3-12(17)16-7-10-4-9-5-11(10)13(16)14(9)18/h8-11,13-14,18H,2-7,15H2,1H3. The van der Waals surface area contributed by atoms with Crippen LogP contribution in [0.2, 0.25) is 0 Å². The molecule has 102 valence electrons. The van der Waals surface area contributed by atoms with Crippen LogP contribution >= 0.6 is 0 Å². The lowest BCUT2D eigenvalue weighted by Crippen LogP contribution is -2.43. The predicted molar refractivity (Wildman–Crippen MR) is 68.7 cm³/mol. The van der Waals surface area contributed by atoms with E-state index in [-0.39, 0.29) is 18.1 Å². The Morgan fingerprint density at radius 1 is 1.44 bits per heavy atom. The van der Waals surface area contributed by atoms with E-state index >= 15 is 0 Å². The molecule has 1 aliphatic heterocycles. The van der Waals surface area contributed by atoms with E-state index in [2.05, 4.69) is 6.92 Å². The molecular formula is C14H24N2O2. The first-order valence-electron chi connectivity index (χ1n) is 7.29. The third kappa shape index (κ3) is 1.77. The molecule has 6 unspecified atom stereocenters. The summed E-state index contributed by atoms with van der Waals surface area (Å²) in [7, 11) is 0. The molecule has 1 heterocycles. The average molecular weight is 252 g/mol. The number of amides is 1. The molecule has 2 saturated carbocycles. The minimum atomic E-state index is -0.260. The minimum Gasteiger partial charge on any atom is -0.391 e. The minimum absolute atomic E-state index is 0.134. The monoisotopic (exact) mass is 252 g/mol. The fraction of sp³-hybridized carbons (Fsp3) is 0.929. The number of nitrogens with zero attached hydrogens (tertiary/aromatic N) is 1. The molecule has 3 fully saturated rings. The zero-order valence-electron chi connectivity index (χ0n) is 11.1. The van der Waals surface area contributed by atoms with Gasteiger partial charge < -0.3 is 15.7 Å². The van der Waals surface area contributed by atoms with Gasteiger partial charge >= 0.3 is 0 Å². The second-order valence-electron chi connectivity index (χ2n) is 6.56. The number of hydrogen-bond donors (Lipinski definition) is 2. The van der Waals surface area contributed by atoms with Gasteiger partial charge in [0.15, 0.2) is 0 Å². The van der Waals surface area contributed by atoms with Gasteiger partial charge in [-0.3, -0.25) is 4.79 Å². The number of likely N-dealkylation sites (tertiary alicyclic amines) is 1. The van der Waals surface area contributed by atoms with Crippen LogP contribution in [0.15, 0.2) is 0 Å². The SMILES string of the molecule is CC(CN)CCC(=O)N1CC2CC3CC2C1C3O. The molecule has 3 rings (SSSR count). The van der Waals surface area contributed by atoms with Crippen molar-refractivity contribution < 1.29 is 9.90 Å². The molecule has 4 heteroatoms. The van der Waals surface area contributed by atoms with Gasteiger partial charge in [0.25, 0.3) is 0 Å². The van der Waals surface area contributed by atoms with Gasteiger partial charge in [-0.1, -0.05) is 6.92 Å².